The predicted molar refractivity (Wildman–Crippen MR) is 66.9 cm³/mol. The van der Waals surface area contributed by atoms with Crippen molar-refractivity contribution in [2.75, 3.05) is 17.6 Å². The summed E-state index contributed by atoms with van der Waals surface area (Å²) in [5.41, 5.74) is 7.01. The molecule has 0 aliphatic carbocycles. The van der Waals surface area contributed by atoms with Crippen LogP contribution in [0.3, 0.4) is 0 Å². The highest BCUT2D eigenvalue weighted by Crippen LogP contribution is 2.24. The van der Waals surface area contributed by atoms with Gasteiger partial charge in [0.05, 0.1) is 14.9 Å². The van der Waals surface area contributed by atoms with E-state index in [0.717, 1.165) is 6.54 Å². The molecule has 0 aliphatic heterocycles. The third kappa shape index (κ3) is 3.01. The van der Waals surface area contributed by atoms with Crippen LogP contribution in [0.25, 0.3) is 0 Å². The maximum Gasteiger partial charge on any atom is 0.138 e. The van der Waals surface area contributed by atoms with E-state index >= 15 is 0 Å². The van der Waals surface area contributed by atoms with Crippen LogP contribution in [0.15, 0.2) is 12.1 Å². The topological polar surface area (TPSA) is 38.0 Å². The SMILES string of the molecule is CC(C)CNc1cc(F)c(I)cc1N. The van der Waals surface area contributed by atoms with E-state index in [4.69, 9.17) is 5.73 Å². The van der Waals surface area contributed by atoms with Gasteiger partial charge in [0.1, 0.15) is 5.82 Å². The van der Waals surface area contributed by atoms with E-state index in [9.17, 15) is 4.39 Å². The minimum Gasteiger partial charge on any atom is -0.397 e. The number of rotatable bonds is 3. The standard InChI is InChI=1S/C10H14FIN2/c1-6(2)5-14-10-3-7(11)8(12)4-9(10)13/h3-4,6,14H,5,13H2,1-2H3. The lowest BCUT2D eigenvalue weighted by Gasteiger charge is -2.11. The second-order valence-electron chi connectivity index (χ2n) is 3.63. The molecule has 78 valence electrons. The first-order valence-electron chi connectivity index (χ1n) is 4.49. The highest BCUT2D eigenvalue weighted by atomic mass is 127. The minimum absolute atomic E-state index is 0.231. The average molecular weight is 308 g/mol. The van der Waals surface area contributed by atoms with Crippen molar-refractivity contribution >= 4 is 34.0 Å². The lowest BCUT2D eigenvalue weighted by molar-refractivity contribution is 0.620. The van der Waals surface area contributed by atoms with E-state index < -0.39 is 0 Å². The normalized spacial score (nSPS) is 10.6. The third-order valence-electron chi connectivity index (χ3n) is 1.79. The van der Waals surface area contributed by atoms with Crippen LogP contribution in [0.5, 0.6) is 0 Å². The summed E-state index contributed by atoms with van der Waals surface area (Å²) in [6, 6.07) is 3.08. The molecule has 0 amide bonds. The maximum atomic E-state index is 13.2. The van der Waals surface area contributed by atoms with Gasteiger partial charge in [0.15, 0.2) is 0 Å². The van der Waals surface area contributed by atoms with Crippen molar-refractivity contribution in [3.8, 4) is 0 Å². The Balaban J connectivity index is 2.82. The lowest BCUT2D eigenvalue weighted by atomic mass is 10.2. The summed E-state index contributed by atoms with van der Waals surface area (Å²) in [7, 11) is 0. The van der Waals surface area contributed by atoms with Crippen LogP contribution in [0, 0.1) is 15.3 Å². The van der Waals surface area contributed by atoms with Crippen LogP contribution in [0.4, 0.5) is 15.8 Å². The molecule has 0 saturated heterocycles. The van der Waals surface area contributed by atoms with E-state index in [2.05, 4.69) is 19.2 Å². The summed E-state index contributed by atoms with van der Waals surface area (Å²) in [6.45, 7) is 4.97. The van der Waals surface area contributed by atoms with Crippen LogP contribution >= 0.6 is 22.6 Å². The molecule has 0 aliphatic rings. The number of nitrogens with two attached hydrogens (primary N) is 1. The maximum absolute atomic E-state index is 13.2. The van der Waals surface area contributed by atoms with Crippen molar-refractivity contribution in [2.45, 2.75) is 13.8 Å². The van der Waals surface area contributed by atoms with Crippen molar-refractivity contribution in [3.05, 3.63) is 21.5 Å². The number of halogens is 2. The van der Waals surface area contributed by atoms with Gasteiger partial charge in [-0.1, -0.05) is 13.8 Å². The molecule has 0 heterocycles. The molecule has 0 unspecified atom stereocenters. The number of benzene rings is 1. The van der Waals surface area contributed by atoms with Crippen LogP contribution < -0.4 is 11.1 Å². The molecule has 2 nitrogen and oxygen atoms in total. The molecule has 0 bridgehead atoms. The minimum atomic E-state index is -0.231. The first-order valence-corrected chi connectivity index (χ1v) is 5.57. The fraction of sp³-hybridized carbons (Fsp3) is 0.400. The number of hydrogen-bond donors (Lipinski definition) is 2. The monoisotopic (exact) mass is 308 g/mol. The lowest BCUT2D eigenvalue weighted by Crippen LogP contribution is -2.10. The number of nitrogen functional groups attached to an aromatic ring is 1. The van der Waals surface area contributed by atoms with Gasteiger partial charge >= 0.3 is 0 Å². The first kappa shape index (κ1) is 11.6. The Morgan fingerprint density at radius 1 is 1.50 bits per heavy atom. The average Bonchev–Trinajstić information content (AvgIpc) is 2.09. The highest BCUT2D eigenvalue weighted by molar-refractivity contribution is 14.1. The van der Waals surface area contributed by atoms with Crippen LogP contribution in [0.1, 0.15) is 13.8 Å². The van der Waals surface area contributed by atoms with Crippen molar-refractivity contribution in [3.63, 3.8) is 0 Å². The Morgan fingerprint density at radius 3 is 2.71 bits per heavy atom. The molecule has 3 N–H and O–H groups in total. The summed E-state index contributed by atoms with van der Waals surface area (Å²) in [5.74, 6) is 0.280. The van der Waals surface area contributed by atoms with Gasteiger partial charge in [0.25, 0.3) is 0 Å². The Labute approximate surface area is 97.2 Å². The summed E-state index contributed by atoms with van der Waals surface area (Å²) < 4.78 is 13.7. The molecular formula is C10H14FIN2. The van der Waals surface area contributed by atoms with Crippen LogP contribution in [-0.4, -0.2) is 6.54 Å². The van der Waals surface area contributed by atoms with Crippen molar-refractivity contribution in [2.24, 2.45) is 5.92 Å². The molecule has 1 rings (SSSR count). The van der Waals surface area contributed by atoms with Gasteiger partial charge in [-0.2, -0.15) is 0 Å². The smallest absolute Gasteiger partial charge is 0.138 e. The summed E-state index contributed by atoms with van der Waals surface area (Å²) in [4.78, 5) is 0. The molecule has 4 heteroatoms. The first-order chi connectivity index (χ1) is 6.50. The summed E-state index contributed by atoms with van der Waals surface area (Å²) >= 11 is 1.93. The fourth-order valence-corrected chi connectivity index (χ4v) is 1.52. The second kappa shape index (κ2) is 4.82. The van der Waals surface area contributed by atoms with Gasteiger partial charge < -0.3 is 11.1 Å². The van der Waals surface area contributed by atoms with Gasteiger partial charge in [0, 0.05) is 12.6 Å². The molecule has 1 aromatic rings. The van der Waals surface area contributed by atoms with Crippen molar-refractivity contribution in [1.29, 1.82) is 0 Å². The Hall–Kier alpha value is -0.520. The van der Waals surface area contributed by atoms with Crippen molar-refractivity contribution in [1.82, 2.24) is 0 Å². The van der Waals surface area contributed by atoms with Crippen molar-refractivity contribution < 1.29 is 4.39 Å². The molecule has 14 heavy (non-hydrogen) atoms. The van der Waals surface area contributed by atoms with Gasteiger partial charge in [-0.3, -0.25) is 0 Å². The highest BCUT2D eigenvalue weighted by Gasteiger charge is 2.05. The molecule has 0 spiro atoms. The zero-order chi connectivity index (χ0) is 10.7. The van der Waals surface area contributed by atoms with Gasteiger partial charge in [0.2, 0.25) is 0 Å². The Bertz CT molecular complexity index is 326. The predicted octanol–water partition coefficient (Wildman–Crippen LogP) is 3.08. The van der Waals surface area contributed by atoms with E-state index in [1.54, 1.807) is 6.07 Å². The summed E-state index contributed by atoms with van der Waals surface area (Å²) in [5, 5.41) is 3.11. The van der Waals surface area contributed by atoms with Gasteiger partial charge in [-0.15, -0.1) is 0 Å². The zero-order valence-corrected chi connectivity index (χ0v) is 10.4. The fourth-order valence-electron chi connectivity index (χ4n) is 1.03. The van der Waals surface area contributed by atoms with Gasteiger partial charge in [-0.25, -0.2) is 4.39 Å². The van der Waals surface area contributed by atoms with E-state index in [1.165, 1.54) is 6.07 Å². The van der Waals surface area contributed by atoms with E-state index in [0.29, 0.717) is 20.9 Å². The van der Waals surface area contributed by atoms with Crippen LogP contribution in [0.2, 0.25) is 0 Å². The number of hydrogen-bond acceptors (Lipinski definition) is 2. The van der Waals surface area contributed by atoms with Gasteiger partial charge in [-0.05, 0) is 34.6 Å². The zero-order valence-electron chi connectivity index (χ0n) is 8.27. The molecule has 1 aromatic carbocycles. The molecule has 0 radical (unpaired) electrons. The van der Waals surface area contributed by atoms with E-state index in [-0.39, 0.29) is 5.82 Å². The number of anilines is 2. The summed E-state index contributed by atoms with van der Waals surface area (Å²) in [6.07, 6.45) is 0. The third-order valence-corrected chi connectivity index (χ3v) is 2.62. The second-order valence-corrected chi connectivity index (χ2v) is 4.79. The molecule has 0 aromatic heterocycles. The van der Waals surface area contributed by atoms with E-state index in [1.807, 2.05) is 22.6 Å². The largest absolute Gasteiger partial charge is 0.397 e. The molecule has 0 saturated carbocycles. The molecule has 0 fully saturated rings. The number of nitrogens with one attached hydrogen (secondary N) is 1. The quantitative estimate of drug-likeness (QED) is 0.665. The Kier molecular flexibility index (Phi) is 3.97. The van der Waals surface area contributed by atoms with Crippen LogP contribution in [-0.2, 0) is 0 Å². The molecular weight excluding hydrogens is 294 g/mol. The molecule has 0 atom stereocenters. The Morgan fingerprint density at radius 2 is 2.14 bits per heavy atom.